The van der Waals surface area contributed by atoms with Crippen LogP contribution in [0.15, 0.2) is 42.5 Å². The molecule has 3 heterocycles. The first-order valence-electron chi connectivity index (χ1n) is 12.7. The maximum Gasteiger partial charge on any atom is 0.272 e. The molecule has 2 aromatic rings. The van der Waals surface area contributed by atoms with Gasteiger partial charge < -0.3 is 15.0 Å². The van der Waals surface area contributed by atoms with Gasteiger partial charge in [-0.2, -0.15) is 0 Å². The van der Waals surface area contributed by atoms with Crippen LogP contribution >= 0.6 is 0 Å². The van der Waals surface area contributed by atoms with E-state index in [1.807, 2.05) is 12.1 Å². The summed E-state index contributed by atoms with van der Waals surface area (Å²) in [5.74, 6) is -0.149. The minimum absolute atomic E-state index is 0.149. The Bertz CT molecular complexity index is 1010. The highest BCUT2D eigenvalue weighted by molar-refractivity contribution is 5.99. The number of carbonyl (C=O) groups is 2. The van der Waals surface area contributed by atoms with E-state index in [4.69, 9.17) is 4.74 Å². The minimum atomic E-state index is -0.149. The van der Waals surface area contributed by atoms with Crippen molar-refractivity contribution in [1.29, 1.82) is 0 Å². The van der Waals surface area contributed by atoms with Crippen LogP contribution in [0.3, 0.4) is 0 Å². The summed E-state index contributed by atoms with van der Waals surface area (Å²) in [6, 6.07) is 15.0. The second-order valence-electron chi connectivity index (χ2n) is 9.63. The number of piperidine rings is 1. The zero-order chi connectivity index (χ0) is 24.0. The fourth-order valence-corrected chi connectivity index (χ4v) is 5.21. The van der Waals surface area contributed by atoms with E-state index in [0.717, 1.165) is 82.9 Å². The number of hydrogen-bond donors (Lipinski definition) is 2. The number of rotatable bonds is 9. The number of benzene rings is 2. The van der Waals surface area contributed by atoms with Crippen molar-refractivity contribution in [2.45, 2.75) is 38.5 Å². The number of nitrogens with one attached hydrogen (secondary N) is 2. The summed E-state index contributed by atoms with van der Waals surface area (Å²) < 4.78 is 6.04. The van der Waals surface area contributed by atoms with Crippen LogP contribution in [0.2, 0.25) is 0 Å². The monoisotopic (exact) mass is 477 g/mol. The molecule has 2 fully saturated rings. The molecule has 0 atom stereocenters. The first-order chi connectivity index (χ1) is 17.2. The highest BCUT2D eigenvalue weighted by atomic mass is 16.5. The average molecular weight is 478 g/mol. The van der Waals surface area contributed by atoms with Crippen molar-refractivity contribution < 1.29 is 14.3 Å². The topological polar surface area (TPSA) is 77.2 Å². The fourth-order valence-electron chi connectivity index (χ4n) is 5.21. The van der Waals surface area contributed by atoms with Crippen LogP contribution in [-0.2, 0) is 29.0 Å². The van der Waals surface area contributed by atoms with Crippen LogP contribution in [0.25, 0.3) is 0 Å². The first-order valence-corrected chi connectivity index (χ1v) is 12.7. The lowest BCUT2D eigenvalue weighted by molar-refractivity contribution is -0.113. The molecule has 2 aromatic carbocycles. The molecule has 35 heavy (non-hydrogen) atoms. The molecule has 186 valence electrons. The molecule has 3 aliphatic heterocycles. The van der Waals surface area contributed by atoms with Crippen molar-refractivity contribution >= 4 is 18.0 Å². The molecule has 2 saturated heterocycles. The molecule has 0 aliphatic carbocycles. The third-order valence-corrected chi connectivity index (χ3v) is 7.30. The molecular weight excluding hydrogens is 442 g/mol. The summed E-state index contributed by atoms with van der Waals surface area (Å²) >= 11 is 0. The molecule has 0 bridgehead atoms. The number of carbonyl (C=O) groups excluding carboxylic acids is 2. The smallest absolute Gasteiger partial charge is 0.272 e. The van der Waals surface area contributed by atoms with Crippen LogP contribution in [0.1, 0.15) is 39.9 Å². The molecule has 0 unspecified atom stereocenters. The maximum atomic E-state index is 12.3. The predicted molar refractivity (Wildman–Crippen MR) is 135 cm³/mol. The van der Waals surface area contributed by atoms with Crippen molar-refractivity contribution in [3.63, 3.8) is 0 Å². The van der Waals surface area contributed by atoms with Gasteiger partial charge >= 0.3 is 0 Å². The van der Waals surface area contributed by atoms with E-state index in [9.17, 15) is 9.59 Å². The number of hydrogen-bond acceptors (Lipinski definition) is 6. The van der Waals surface area contributed by atoms with Gasteiger partial charge in [0.1, 0.15) is 0 Å². The zero-order valence-electron chi connectivity index (χ0n) is 20.2. The third-order valence-electron chi connectivity index (χ3n) is 7.30. The summed E-state index contributed by atoms with van der Waals surface area (Å²) in [4.78, 5) is 27.9. The Hall–Kier alpha value is -2.94. The molecule has 0 radical (unpaired) electrons. The van der Waals surface area contributed by atoms with Crippen LogP contribution in [0, 0.1) is 0 Å². The van der Waals surface area contributed by atoms with E-state index in [2.05, 4.69) is 50.9 Å². The molecule has 5 rings (SSSR count). The number of amides is 2. The number of ether oxygens (including phenoxy) is 1. The molecule has 0 saturated carbocycles. The quantitative estimate of drug-likeness (QED) is 0.538. The van der Waals surface area contributed by atoms with Gasteiger partial charge in [-0.1, -0.05) is 24.3 Å². The Labute approximate surface area is 207 Å². The van der Waals surface area contributed by atoms with E-state index in [0.29, 0.717) is 24.6 Å². The van der Waals surface area contributed by atoms with E-state index >= 15 is 0 Å². The summed E-state index contributed by atoms with van der Waals surface area (Å²) in [5.41, 5.74) is 7.93. The lowest BCUT2D eigenvalue weighted by Gasteiger charge is -2.36. The Morgan fingerprint density at radius 2 is 1.74 bits per heavy atom. The molecule has 8 heteroatoms. The fraction of sp³-hybridized carbons (Fsp3) is 0.481. The Kier molecular flexibility index (Phi) is 7.61. The molecule has 0 spiro atoms. The second kappa shape index (κ2) is 11.2. The lowest BCUT2D eigenvalue weighted by Crippen LogP contribution is -2.46. The molecule has 2 amide bonds. The second-order valence-corrected chi connectivity index (χ2v) is 9.63. The van der Waals surface area contributed by atoms with Crippen LogP contribution in [-0.4, -0.2) is 74.2 Å². The van der Waals surface area contributed by atoms with Crippen molar-refractivity contribution in [1.82, 2.24) is 20.7 Å². The summed E-state index contributed by atoms with van der Waals surface area (Å²) in [6.45, 7) is 8.23. The van der Waals surface area contributed by atoms with E-state index in [1.165, 1.54) is 16.1 Å². The predicted octanol–water partition coefficient (Wildman–Crippen LogP) is 1.94. The number of anilines is 1. The van der Waals surface area contributed by atoms with Gasteiger partial charge in [-0.15, -0.1) is 0 Å². The molecule has 2 N–H and O–H groups in total. The van der Waals surface area contributed by atoms with E-state index in [-0.39, 0.29) is 5.91 Å². The average Bonchev–Trinajstić information content (AvgIpc) is 3.21. The van der Waals surface area contributed by atoms with Crippen LogP contribution < -0.4 is 15.6 Å². The van der Waals surface area contributed by atoms with Crippen LogP contribution in [0.4, 0.5) is 5.69 Å². The third kappa shape index (κ3) is 5.83. The summed E-state index contributed by atoms with van der Waals surface area (Å²) in [7, 11) is 0. The van der Waals surface area contributed by atoms with Gasteiger partial charge in [0.25, 0.3) is 5.91 Å². The van der Waals surface area contributed by atoms with E-state index in [1.54, 1.807) is 0 Å². The molecule has 0 aromatic heterocycles. The van der Waals surface area contributed by atoms with Crippen molar-refractivity contribution in [2.24, 2.45) is 0 Å². The summed E-state index contributed by atoms with van der Waals surface area (Å²) in [5, 5.41) is 4.73. The standard InChI is InChI=1S/C27H35N5O3/c33-20-29-32-19-23-17-24(5-6-26(23)27(32)34)31-14-12-30(13-15-31)18-22-3-1-21(2-4-22)9-16-35-25-7-10-28-11-8-25/h1-6,17,20,25,28H,7-16,18-19H2,(H,29,33). The van der Waals surface area contributed by atoms with Gasteiger partial charge in [0.05, 0.1) is 19.3 Å². The number of piperazine rings is 1. The highest BCUT2D eigenvalue weighted by Crippen LogP contribution is 2.27. The lowest BCUT2D eigenvalue weighted by atomic mass is 10.1. The largest absolute Gasteiger partial charge is 0.378 e. The van der Waals surface area contributed by atoms with Crippen molar-refractivity contribution in [2.75, 3.05) is 50.8 Å². The first kappa shape index (κ1) is 23.8. The number of hydrazine groups is 1. The summed E-state index contributed by atoms with van der Waals surface area (Å²) in [6.07, 6.45) is 4.18. The Morgan fingerprint density at radius 3 is 2.49 bits per heavy atom. The van der Waals surface area contributed by atoms with Gasteiger partial charge in [0.2, 0.25) is 6.41 Å². The Balaban J connectivity index is 1.07. The maximum absolute atomic E-state index is 12.3. The normalized spacial score (nSPS) is 19.1. The molecular formula is C27H35N5O3. The van der Waals surface area contributed by atoms with Gasteiger partial charge in [-0.25, -0.2) is 5.01 Å². The minimum Gasteiger partial charge on any atom is -0.378 e. The van der Waals surface area contributed by atoms with Crippen molar-refractivity contribution in [3.8, 4) is 0 Å². The number of nitrogens with zero attached hydrogens (tertiary/aromatic N) is 3. The van der Waals surface area contributed by atoms with Crippen LogP contribution in [0.5, 0.6) is 0 Å². The number of fused-ring (bicyclic) bond motifs is 1. The SMILES string of the molecule is O=CNN1Cc2cc(N3CCN(Cc4ccc(CCOC5CCNCC5)cc4)CC3)ccc2C1=O. The van der Waals surface area contributed by atoms with Gasteiger partial charge in [-0.05, 0) is 67.2 Å². The van der Waals surface area contributed by atoms with Gasteiger partial charge in [-0.3, -0.25) is 19.9 Å². The zero-order valence-corrected chi connectivity index (χ0v) is 20.2. The molecule has 3 aliphatic rings. The molecule has 8 nitrogen and oxygen atoms in total. The van der Waals surface area contributed by atoms with E-state index < -0.39 is 0 Å². The highest BCUT2D eigenvalue weighted by Gasteiger charge is 2.28. The van der Waals surface area contributed by atoms with Crippen molar-refractivity contribution in [3.05, 3.63) is 64.7 Å². The van der Waals surface area contributed by atoms with Gasteiger partial charge in [0, 0.05) is 44.0 Å². The Morgan fingerprint density at radius 1 is 1.00 bits per heavy atom. The van der Waals surface area contributed by atoms with Gasteiger partial charge in [0.15, 0.2) is 0 Å².